The van der Waals surface area contributed by atoms with Crippen molar-refractivity contribution in [2.45, 2.75) is 12.8 Å². The van der Waals surface area contributed by atoms with Crippen LogP contribution < -0.4 is 5.32 Å². The Morgan fingerprint density at radius 3 is 2.52 bits per heavy atom. The van der Waals surface area contributed by atoms with E-state index in [0.717, 1.165) is 23.6 Å². The predicted molar refractivity (Wildman–Crippen MR) is 104 cm³/mol. The van der Waals surface area contributed by atoms with E-state index in [-0.39, 0.29) is 11.8 Å². The minimum Gasteiger partial charge on any atom is -0.472 e. The largest absolute Gasteiger partial charge is 0.472 e. The molecule has 0 spiro atoms. The fourth-order valence-corrected chi connectivity index (χ4v) is 3.58. The molecule has 5 heteroatoms. The molecule has 0 bridgehead atoms. The highest BCUT2D eigenvalue weighted by molar-refractivity contribution is 5.98. The highest BCUT2D eigenvalue weighted by atomic mass is 16.3. The molecule has 5 nitrogen and oxygen atoms in total. The number of hydrogen-bond donors (Lipinski definition) is 1. The van der Waals surface area contributed by atoms with Crippen LogP contribution in [0.2, 0.25) is 0 Å². The number of likely N-dealkylation sites (tertiary alicyclic amines) is 1. The maximum absolute atomic E-state index is 12.5. The number of carbonyl (C=O) groups is 2. The van der Waals surface area contributed by atoms with Gasteiger partial charge in [0, 0.05) is 25.2 Å². The Kier molecular flexibility index (Phi) is 4.92. The van der Waals surface area contributed by atoms with Gasteiger partial charge in [-0.05, 0) is 47.7 Å². The van der Waals surface area contributed by atoms with Gasteiger partial charge in [-0.25, -0.2) is 0 Å². The number of benzene rings is 2. The van der Waals surface area contributed by atoms with Gasteiger partial charge in [-0.3, -0.25) is 9.59 Å². The van der Waals surface area contributed by atoms with Crippen LogP contribution in [0.1, 0.15) is 33.6 Å². The molecule has 0 aliphatic carbocycles. The van der Waals surface area contributed by atoms with Crippen molar-refractivity contribution in [1.29, 1.82) is 0 Å². The molecule has 2 heterocycles. The average Bonchev–Trinajstić information content (AvgIpc) is 3.26. The molecule has 1 aromatic heterocycles. The minimum absolute atomic E-state index is 0.0161. The van der Waals surface area contributed by atoms with Gasteiger partial charge in [-0.2, -0.15) is 0 Å². The summed E-state index contributed by atoms with van der Waals surface area (Å²) in [4.78, 5) is 26.6. The molecule has 1 fully saturated rings. The Labute approximate surface area is 158 Å². The van der Waals surface area contributed by atoms with Crippen LogP contribution in [0.25, 0.3) is 10.8 Å². The molecule has 0 saturated carbocycles. The first-order chi connectivity index (χ1) is 13.2. The Morgan fingerprint density at radius 1 is 1.00 bits per heavy atom. The van der Waals surface area contributed by atoms with Crippen LogP contribution in [-0.2, 0) is 0 Å². The average molecular weight is 362 g/mol. The van der Waals surface area contributed by atoms with Crippen molar-refractivity contribution in [2.24, 2.45) is 5.92 Å². The zero-order valence-electron chi connectivity index (χ0n) is 15.1. The first kappa shape index (κ1) is 17.3. The Bertz CT molecular complexity index is 941. The first-order valence-corrected chi connectivity index (χ1v) is 9.29. The molecule has 3 aromatic rings. The zero-order chi connectivity index (χ0) is 18.6. The van der Waals surface area contributed by atoms with Crippen molar-refractivity contribution in [3.8, 4) is 0 Å². The van der Waals surface area contributed by atoms with E-state index in [1.807, 2.05) is 47.4 Å². The van der Waals surface area contributed by atoms with E-state index in [1.54, 1.807) is 6.07 Å². The molecule has 1 aliphatic rings. The summed E-state index contributed by atoms with van der Waals surface area (Å²) >= 11 is 0. The normalized spacial score (nSPS) is 15.0. The third kappa shape index (κ3) is 3.87. The molecule has 0 radical (unpaired) electrons. The van der Waals surface area contributed by atoms with Crippen molar-refractivity contribution in [3.63, 3.8) is 0 Å². The topological polar surface area (TPSA) is 62.6 Å². The van der Waals surface area contributed by atoms with Crippen molar-refractivity contribution in [3.05, 3.63) is 72.2 Å². The highest BCUT2D eigenvalue weighted by Crippen LogP contribution is 2.19. The second-order valence-electron chi connectivity index (χ2n) is 7.02. The summed E-state index contributed by atoms with van der Waals surface area (Å²) in [5, 5.41) is 5.24. The molecule has 0 unspecified atom stereocenters. The molecular weight excluding hydrogens is 340 g/mol. The minimum atomic E-state index is -0.0438. The second kappa shape index (κ2) is 7.66. The van der Waals surface area contributed by atoms with Gasteiger partial charge in [-0.15, -0.1) is 0 Å². The van der Waals surface area contributed by atoms with Gasteiger partial charge >= 0.3 is 0 Å². The molecule has 1 aliphatic heterocycles. The Hall–Kier alpha value is -3.08. The van der Waals surface area contributed by atoms with Crippen LogP contribution in [-0.4, -0.2) is 36.3 Å². The van der Waals surface area contributed by atoms with Gasteiger partial charge in [-0.1, -0.05) is 30.3 Å². The van der Waals surface area contributed by atoms with E-state index < -0.39 is 0 Å². The monoisotopic (exact) mass is 362 g/mol. The fourth-order valence-electron chi connectivity index (χ4n) is 3.58. The number of fused-ring (bicyclic) bond motifs is 1. The lowest BCUT2D eigenvalue weighted by molar-refractivity contribution is 0.0683. The summed E-state index contributed by atoms with van der Waals surface area (Å²) in [6.07, 6.45) is 4.78. The smallest absolute Gasteiger partial charge is 0.257 e. The molecule has 2 aromatic carbocycles. The highest BCUT2D eigenvalue weighted by Gasteiger charge is 2.24. The Morgan fingerprint density at radius 2 is 1.78 bits per heavy atom. The van der Waals surface area contributed by atoms with E-state index in [4.69, 9.17) is 4.42 Å². The number of amides is 2. The molecule has 1 saturated heterocycles. The number of furan rings is 1. The molecule has 1 N–H and O–H groups in total. The Balaban J connectivity index is 1.29. The molecule has 27 heavy (non-hydrogen) atoms. The lowest BCUT2D eigenvalue weighted by Gasteiger charge is -2.31. The molecular formula is C22H22N2O3. The molecule has 2 amide bonds. The summed E-state index contributed by atoms with van der Waals surface area (Å²) in [5.41, 5.74) is 1.28. The van der Waals surface area contributed by atoms with E-state index in [0.29, 0.717) is 36.7 Å². The van der Waals surface area contributed by atoms with E-state index in [2.05, 4.69) is 5.32 Å². The van der Waals surface area contributed by atoms with Crippen LogP contribution in [0.15, 0.2) is 65.5 Å². The molecule has 4 rings (SSSR count). The number of hydrogen-bond acceptors (Lipinski definition) is 3. The van der Waals surface area contributed by atoms with Crippen molar-refractivity contribution < 1.29 is 14.0 Å². The summed E-state index contributed by atoms with van der Waals surface area (Å²) in [6.45, 7) is 2.06. The summed E-state index contributed by atoms with van der Waals surface area (Å²) in [5.74, 6) is 0.364. The lowest BCUT2D eigenvalue weighted by atomic mass is 9.96. The van der Waals surface area contributed by atoms with Gasteiger partial charge in [0.05, 0.1) is 11.8 Å². The lowest BCUT2D eigenvalue weighted by Crippen LogP contribution is -2.41. The first-order valence-electron chi connectivity index (χ1n) is 9.29. The predicted octanol–water partition coefficient (Wildman–Crippen LogP) is 3.72. The van der Waals surface area contributed by atoms with Gasteiger partial charge in [0.15, 0.2) is 0 Å². The summed E-state index contributed by atoms with van der Waals surface area (Å²) in [7, 11) is 0. The van der Waals surface area contributed by atoms with E-state index in [1.165, 1.54) is 12.5 Å². The third-order valence-electron chi connectivity index (χ3n) is 5.23. The standard InChI is InChI=1S/C22H22N2O3/c25-21(19-6-5-17-3-1-2-4-18(17)13-19)23-14-16-7-10-24(11-8-16)22(26)20-9-12-27-15-20/h1-6,9,12-13,15-16H,7-8,10-11,14H2,(H,23,25). The molecule has 138 valence electrons. The third-order valence-corrected chi connectivity index (χ3v) is 5.23. The van der Waals surface area contributed by atoms with E-state index in [9.17, 15) is 9.59 Å². The van der Waals surface area contributed by atoms with Crippen molar-refractivity contribution in [2.75, 3.05) is 19.6 Å². The number of piperidine rings is 1. The number of rotatable bonds is 4. The van der Waals surface area contributed by atoms with Crippen LogP contribution in [0, 0.1) is 5.92 Å². The maximum atomic E-state index is 12.5. The van der Waals surface area contributed by atoms with Crippen LogP contribution >= 0.6 is 0 Å². The van der Waals surface area contributed by atoms with Crippen molar-refractivity contribution in [1.82, 2.24) is 10.2 Å². The summed E-state index contributed by atoms with van der Waals surface area (Å²) < 4.78 is 4.99. The number of nitrogens with one attached hydrogen (secondary N) is 1. The number of nitrogens with zero attached hydrogens (tertiary/aromatic N) is 1. The molecule has 0 atom stereocenters. The summed E-state index contributed by atoms with van der Waals surface area (Å²) in [6, 6.07) is 15.5. The van der Waals surface area contributed by atoms with Gasteiger partial charge in [0.1, 0.15) is 6.26 Å². The van der Waals surface area contributed by atoms with Gasteiger partial charge < -0.3 is 14.6 Å². The van der Waals surface area contributed by atoms with Gasteiger partial charge in [0.2, 0.25) is 0 Å². The number of carbonyl (C=O) groups excluding carboxylic acids is 2. The SMILES string of the molecule is O=C(NCC1CCN(C(=O)c2ccoc2)CC1)c1ccc2ccccc2c1. The van der Waals surface area contributed by atoms with Crippen LogP contribution in [0.5, 0.6) is 0 Å². The van der Waals surface area contributed by atoms with Crippen LogP contribution in [0.3, 0.4) is 0 Å². The maximum Gasteiger partial charge on any atom is 0.257 e. The second-order valence-corrected chi connectivity index (χ2v) is 7.02. The zero-order valence-corrected chi connectivity index (χ0v) is 15.1. The fraction of sp³-hybridized carbons (Fsp3) is 0.273. The van der Waals surface area contributed by atoms with Gasteiger partial charge in [0.25, 0.3) is 11.8 Å². The van der Waals surface area contributed by atoms with Crippen LogP contribution in [0.4, 0.5) is 0 Å². The quantitative estimate of drug-likeness (QED) is 0.769. The van der Waals surface area contributed by atoms with Crippen molar-refractivity contribution >= 4 is 22.6 Å². The van der Waals surface area contributed by atoms with E-state index >= 15 is 0 Å².